The predicted molar refractivity (Wildman–Crippen MR) is 83.5 cm³/mol. The largest absolute Gasteiger partial charge is 0.311 e. The van der Waals surface area contributed by atoms with Gasteiger partial charge in [0.2, 0.25) is 0 Å². The molecular weight excluding hydrogens is 232 g/mol. The van der Waals surface area contributed by atoms with Crippen LogP contribution in [-0.4, -0.2) is 36.1 Å². The van der Waals surface area contributed by atoms with E-state index < -0.39 is 0 Å². The summed E-state index contributed by atoms with van der Waals surface area (Å²) < 4.78 is 0. The zero-order valence-corrected chi connectivity index (χ0v) is 13.5. The van der Waals surface area contributed by atoms with Gasteiger partial charge in [0.1, 0.15) is 0 Å². The van der Waals surface area contributed by atoms with Gasteiger partial charge in [-0.15, -0.1) is 0 Å². The second-order valence-electron chi connectivity index (χ2n) is 7.22. The van der Waals surface area contributed by atoms with Crippen molar-refractivity contribution in [2.45, 2.75) is 77.8 Å². The van der Waals surface area contributed by atoms with E-state index in [1.165, 1.54) is 58.2 Å². The van der Waals surface area contributed by atoms with E-state index in [2.05, 4.69) is 37.9 Å². The first-order valence-corrected chi connectivity index (χ1v) is 8.59. The van der Waals surface area contributed by atoms with Crippen molar-refractivity contribution >= 4 is 0 Å². The predicted octanol–water partition coefficient (Wildman–Crippen LogP) is 3.67. The monoisotopic (exact) mass is 266 g/mol. The molecule has 2 fully saturated rings. The molecule has 2 aliphatic rings. The normalized spacial score (nSPS) is 30.6. The summed E-state index contributed by atoms with van der Waals surface area (Å²) in [5.41, 5.74) is 0.507. The van der Waals surface area contributed by atoms with Crippen LogP contribution in [-0.2, 0) is 0 Å². The van der Waals surface area contributed by atoms with Gasteiger partial charge in [-0.05, 0) is 24.7 Å². The first kappa shape index (κ1) is 15.3. The maximum Gasteiger partial charge on any atom is 0.0334 e. The van der Waals surface area contributed by atoms with E-state index in [0.717, 1.165) is 11.8 Å². The lowest BCUT2D eigenvalue weighted by molar-refractivity contribution is 0.0196. The van der Waals surface area contributed by atoms with Crippen LogP contribution < -0.4 is 5.32 Å². The van der Waals surface area contributed by atoms with Crippen LogP contribution in [0.1, 0.15) is 66.2 Å². The van der Waals surface area contributed by atoms with Crippen LogP contribution >= 0.6 is 0 Å². The number of piperazine rings is 1. The molecule has 1 N–H and O–H groups in total. The van der Waals surface area contributed by atoms with Gasteiger partial charge < -0.3 is 5.32 Å². The molecule has 0 amide bonds. The van der Waals surface area contributed by atoms with Crippen molar-refractivity contribution in [1.29, 1.82) is 0 Å². The Hall–Kier alpha value is -0.0800. The number of nitrogens with one attached hydrogen (secondary N) is 1. The fourth-order valence-electron chi connectivity index (χ4n) is 3.89. The van der Waals surface area contributed by atoms with E-state index in [0.29, 0.717) is 11.6 Å². The quantitative estimate of drug-likeness (QED) is 0.817. The Morgan fingerprint density at radius 2 is 1.84 bits per heavy atom. The lowest BCUT2D eigenvalue weighted by atomic mass is 9.86. The molecule has 1 saturated heterocycles. The van der Waals surface area contributed by atoms with E-state index in [9.17, 15) is 0 Å². The minimum Gasteiger partial charge on any atom is -0.311 e. The molecule has 112 valence electrons. The molecule has 0 aromatic heterocycles. The summed E-state index contributed by atoms with van der Waals surface area (Å²) in [5, 5.41) is 3.88. The lowest BCUT2D eigenvalue weighted by Crippen LogP contribution is -2.65. The SMILES string of the molecule is CCC(C)CN1CC(C(C)CC)NCC12CCCC2. The zero-order valence-electron chi connectivity index (χ0n) is 13.5. The molecule has 2 rings (SSSR count). The van der Waals surface area contributed by atoms with Gasteiger partial charge in [0.25, 0.3) is 0 Å². The Labute approximate surface area is 120 Å². The smallest absolute Gasteiger partial charge is 0.0334 e. The number of rotatable bonds is 5. The van der Waals surface area contributed by atoms with Crippen molar-refractivity contribution in [1.82, 2.24) is 10.2 Å². The summed E-state index contributed by atoms with van der Waals surface area (Å²) in [5.74, 6) is 1.64. The third kappa shape index (κ3) is 3.33. The fraction of sp³-hybridized carbons (Fsp3) is 1.00. The summed E-state index contributed by atoms with van der Waals surface area (Å²) in [6.07, 6.45) is 8.32. The molecule has 2 nitrogen and oxygen atoms in total. The van der Waals surface area contributed by atoms with Crippen LogP contribution in [0.15, 0.2) is 0 Å². The van der Waals surface area contributed by atoms with Crippen LogP contribution in [0.2, 0.25) is 0 Å². The third-order valence-electron chi connectivity index (χ3n) is 5.88. The van der Waals surface area contributed by atoms with Crippen molar-refractivity contribution in [3.8, 4) is 0 Å². The first-order valence-electron chi connectivity index (χ1n) is 8.59. The van der Waals surface area contributed by atoms with Gasteiger partial charge in [0.05, 0.1) is 0 Å². The highest BCUT2D eigenvalue weighted by Gasteiger charge is 2.44. The molecule has 19 heavy (non-hydrogen) atoms. The van der Waals surface area contributed by atoms with E-state index in [1.807, 2.05) is 0 Å². The summed E-state index contributed by atoms with van der Waals surface area (Å²) in [6.45, 7) is 13.3. The van der Waals surface area contributed by atoms with Crippen LogP contribution in [0.4, 0.5) is 0 Å². The molecule has 1 aliphatic heterocycles. The average molecular weight is 266 g/mol. The van der Waals surface area contributed by atoms with E-state index in [4.69, 9.17) is 0 Å². The van der Waals surface area contributed by atoms with Crippen LogP contribution in [0.5, 0.6) is 0 Å². The number of hydrogen-bond acceptors (Lipinski definition) is 2. The van der Waals surface area contributed by atoms with Crippen molar-refractivity contribution < 1.29 is 0 Å². The van der Waals surface area contributed by atoms with Crippen molar-refractivity contribution in [2.24, 2.45) is 11.8 Å². The molecule has 3 unspecified atom stereocenters. The summed E-state index contributed by atoms with van der Waals surface area (Å²) in [7, 11) is 0. The lowest BCUT2D eigenvalue weighted by Gasteiger charge is -2.50. The minimum absolute atomic E-state index is 0.507. The summed E-state index contributed by atoms with van der Waals surface area (Å²) in [6, 6.07) is 0.709. The van der Waals surface area contributed by atoms with Gasteiger partial charge in [-0.3, -0.25) is 4.90 Å². The molecule has 0 radical (unpaired) electrons. The number of hydrogen-bond donors (Lipinski definition) is 1. The Balaban J connectivity index is 2.05. The van der Waals surface area contributed by atoms with Crippen molar-refractivity contribution in [3.05, 3.63) is 0 Å². The van der Waals surface area contributed by atoms with E-state index in [1.54, 1.807) is 0 Å². The van der Waals surface area contributed by atoms with Crippen molar-refractivity contribution in [2.75, 3.05) is 19.6 Å². The fourth-order valence-corrected chi connectivity index (χ4v) is 3.89. The maximum absolute atomic E-state index is 3.88. The second-order valence-corrected chi connectivity index (χ2v) is 7.22. The molecule has 3 atom stereocenters. The number of nitrogens with zero attached hydrogens (tertiary/aromatic N) is 1. The molecule has 0 aromatic carbocycles. The molecule has 1 saturated carbocycles. The topological polar surface area (TPSA) is 15.3 Å². The standard InChI is InChI=1S/C17H34N2/c1-5-14(3)11-19-12-16(15(4)6-2)18-13-17(19)9-7-8-10-17/h14-16,18H,5-13H2,1-4H3. The Kier molecular flexibility index (Phi) is 5.30. The Morgan fingerprint density at radius 3 is 2.42 bits per heavy atom. The maximum atomic E-state index is 3.88. The van der Waals surface area contributed by atoms with Crippen LogP contribution in [0.3, 0.4) is 0 Å². The van der Waals surface area contributed by atoms with Gasteiger partial charge in [-0.25, -0.2) is 0 Å². The van der Waals surface area contributed by atoms with Crippen LogP contribution in [0.25, 0.3) is 0 Å². The molecule has 0 aromatic rings. The third-order valence-corrected chi connectivity index (χ3v) is 5.88. The van der Waals surface area contributed by atoms with Gasteiger partial charge >= 0.3 is 0 Å². The van der Waals surface area contributed by atoms with E-state index >= 15 is 0 Å². The van der Waals surface area contributed by atoms with Gasteiger partial charge in [0, 0.05) is 31.2 Å². The average Bonchev–Trinajstić information content (AvgIpc) is 2.89. The zero-order chi connectivity index (χ0) is 13.9. The molecule has 1 aliphatic carbocycles. The highest BCUT2D eigenvalue weighted by atomic mass is 15.3. The molecule has 1 heterocycles. The second kappa shape index (κ2) is 6.58. The first-order chi connectivity index (χ1) is 9.11. The Bertz CT molecular complexity index is 270. The Morgan fingerprint density at radius 1 is 1.16 bits per heavy atom. The molecule has 1 spiro atoms. The summed E-state index contributed by atoms with van der Waals surface area (Å²) >= 11 is 0. The summed E-state index contributed by atoms with van der Waals surface area (Å²) in [4.78, 5) is 2.88. The van der Waals surface area contributed by atoms with Gasteiger partial charge in [-0.1, -0.05) is 53.4 Å². The van der Waals surface area contributed by atoms with E-state index in [-0.39, 0.29) is 0 Å². The van der Waals surface area contributed by atoms with Gasteiger partial charge in [-0.2, -0.15) is 0 Å². The highest BCUT2D eigenvalue weighted by molar-refractivity contribution is 5.02. The van der Waals surface area contributed by atoms with Gasteiger partial charge in [0.15, 0.2) is 0 Å². The van der Waals surface area contributed by atoms with Crippen molar-refractivity contribution in [3.63, 3.8) is 0 Å². The highest BCUT2D eigenvalue weighted by Crippen LogP contribution is 2.38. The molecule has 0 bridgehead atoms. The molecule has 2 heteroatoms. The molecular formula is C17H34N2. The van der Waals surface area contributed by atoms with Crippen LogP contribution in [0, 0.1) is 11.8 Å². The minimum atomic E-state index is 0.507.